The molecule has 1 saturated heterocycles. The summed E-state index contributed by atoms with van der Waals surface area (Å²) in [7, 11) is 0. The smallest absolute Gasteiger partial charge is 0.331 e. The lowest BCUT2D eigenvalue weighted by molar-refractivity contribution is -0.137. The predicted molar refractivity (Wildman–Crippen MR) is 97.6 cm³/mol. The quantitative estimate of drug-likeness (QED) is 0.703. The average Bonchev–Trinajstić information content (AvgIpc) is 3.23. The Hall–Kier alpha value is -2.90. The van der Waals surface area contributed by atoms with Gasteiger partial charge in [0.1, 0.15) is 0 Å². The molecular weight excluding hydrogens is 369 g/mol. The van der Waals surface area contributed by atoms with Gasteiger partial charge in [-0.3, -0.25) is 9.89 Å². The first-order valence-corrected chi connectivity index (χ1v) is 9.04. The van der Waals surface area contributed by atoms with Crippen molar-refractivity contribution in [1.82, 2.24) is 20.1 Å². The molecular formula is C20H19F3N4O. The maximum Gasteiger partial charge on any atom is 0.416 e. The molecule has 3 aromatic rings. The zero-order valence-electron chi connectivity index (χ0n) is 15.4. The van der Waals surface area contributed by atoms with Crippen molar-refractivity contribution in [3.8, 4) is 0 Å². The molecule has 0 bridgehead atoms. The minimum absolute atomic E-state index is 0.146. The molecule has 1 fully saturated rings. The van der Waals surface area contributed by atoms with Crippen LogP contribution in [0.25, 0.3) is 11.0 Å². The molecule has 0 radical (unpaired) electrons. The molecule has 2 unspecified atom stereocenters. The van der Waals surface area contributed by atoms with Gasteiger partial charge in [-0.05, 0) is 43.0 Å². The number of alkyl halides is 3. The molecule has 8 heteroatoms. The van der Waals surface area contributed by atoms with Gasteiger partial charge in [-0.25, -0.2) is 4.98 Å². The van der Waals surface area contributed by atoms with Crippen LogP contribution < -0.4 is 0 Å². The third kappa shape index (κ3) is 3.12. The number of carbonyl (C=O) groups excluding carboxylic acids is 1. The van der Waals surface area contributed by atoms with E-state index in [-0.39, 0.29) is 17.9 Å². The number of aryl methyl sites for hydroxylation is 1. The summed E-state index contributed by atoms with van der Waals surface area (Å²) < 4.78 is 38.6. The number of halogens is 3. The summed E-state index contributed by atoms with van der Waals surface area (Å²) in [6, 6.07) is 6.58. The van der Waals surface area contributed by atoms with Crippen molar-refractivity contribution in [2.75, 3.05) is 6.54 Å². The van der Waals surface area contributed by atoms with Crippen molar-refractivity contribution in [3.63, 3.8) is 0 Å². The summed E-state index contributed by atoms with van der Waals surface area (Å²) >= 11 is 0. The third-order valence-electron chi connectivity index (χ3n) is 5.39. The number of nitrogens with one attached hydrogen (secondary N) is 1. The topological polar surface area (TPSA) is 61.9 Å². The molecule has 4 rings (SSSR count). The minimum atomic E-state index is -4.38. The van der Waals surface area contributed by atoms with Gasteiger partial charge < -0.3 is 4.90 Å². The summed E-state index contributed by atoms with van der Waals surface area (Å²) in [5.41, 5.74) is 1.84. The van der Waals surface area contributed by atoms with E-state index in [2.05, 4.69) is 15.2 Å². The number of carbonyl (C=O) groups is 1. The van der Waals surface area contributed by atoms with Crippen LogP contribution in [-0.2, 0) is 6.18 Å². The number of H-pyrrole nitrogens is 1. The van der Waals surface area contributed by atoms with Crippen LogP contribution in [0.2, 0.25) is 0 Å². The van der Waals surface area contributed by atoms with E-state index in [1.165, 1.54) is 18.3 Å². The minimum Gasteiger partial charge on any atom is -0.331 e. The second-order valence-corrected chi connectivity index (χ2v) is 7.26. The Morgan fingerprint density at radius 2 is 1.96 bits per heavy atom. The lowest BCUT2D eigenvalue weighted by Crippen LogP contribution is -2.32. The highest BCUT2D eigenvalue weighted by Crippen LogP contribution is 2.39. The van der Waals surface area contributed by atoms with E-state index in [0.717, 1.165) is 29.6 Å². The van der Waals surface area contributed by atoms with Crippen LogP contribution in [0.15, 0.2) is 36.5 Å². The van der Waals surface area contributed by atoms with E-state index < -0.39 is 11.7 Å². The summed E-state index contributed by atoms with van der Waals surface area (Å²) in [5.74, 6) is -0.0303. The summed E-state index contributed by atoms with van der Waals surface area (Å²) in [6.45, 7) is 4.39. The van der Waals surface area contributed by atoms with Gasteiger partial charge in [0, 0.05) is 18.1 Å². The normalized spacial score (nSPS) is 20.1. The lowest BCUT2D eigenvalue weighted by Gasteiger charge is -2.28. The predicted octanol–water partition coefficient (Wildman–Crippen LogP) is 4.51. The van der Waals surface area contributed by atoms with E-state index in [9.17, 15) is 18.0 Å². The fourth-order valence-corrected chi connectivity index (χ4v) is 3.86. The van der Waals surface area contributed by atoms with Crippen LogP contribution in [-0.4, -0.2) is 32.5 Å². The van der Waals surface area contributed by atoms with Crippen LogP contribution in [0.4, 0.5) is 13.2 Å². The maximum absolute atomic E-state index is 13.2. The summed E-state index contributed by atoms with van der Waals surface area (Å²) in [5, 5.41) is 7.68. The molecule has 1 aromatic carbocycles. The monoisotopic (exact) mass is 388 g/mol. The highest BCUT2D eigenvalue weighted by Gasteiger charge is 2.37. The first kappa shape index (κ1) is 18.5. The SMILES string of the molecule is Cc1n[nH]c2ncc(C(=O)N3CCC(C)C3c3ccc(C(F)(F)F)cc3)cc12. The third-order valence-corrected chi connectivity index (χ3v) is 5.39. The number of rotatable bonds is 2. The highest BCUT2D eigenvalue weighted by atomic mass is 19.4. The Balaban J connectivity index is 1.65. The zero-order chi connectivity index (χ0) is 20.1. The number of fused-ring (bicyclic) bond motifs is 1. The first-order chi connectivity index (χ1) is 13.3. The number of hydrogen-bond donors (Lipinski definition) is 1. The van der Waals surface area contributed by atoms with Gasteiger partial charge in [-0.2, -0.15) is 18.3 Å². The molecule has 0 aliphatic carbocycles. The second kappa shape index (κ2) is 6.61. The number of amides is 1. The molecule has 5 nitrogen and oxygen atoms in total. The number of benzene rings is 1. The van der Waals surface area contributed by atoms with Crippen molar-refractivity contribution < 1.29 is 18.0 Å². The van der Waals surface area contributed by atoms with Gasteiger partial charge in [-0.15, -0.1) is 0 Å². The number of nitrogens with zero attached hydrogens (tertiary/aromatic N) is 3. The van der Waals surface area contributed by atoms with Crippen molar-refractivity contribution >= 4 is 16.9 Å². The van der Waals surface area contributed by atoms with E-state index in [0.29, 0.717) is 23.3 Å². The number of aromatic amines is 1. The molecule has 1 N–H and O–H groups in total. The number of likely N-dealkylation sites (tertiary alicyclic amines) is 1. The van der Waals surface area contributed by atoms with Gasteiger partial charge in [0.15, 0.2) is 5.65 Å². The zero-order valence-corrected chi connectivity index (χ0v) is 15.4. The second-order valence-electron chi connectivity index (χ2n) is 7.26. The van der Waals surface area contributed by atoms with Gasteiger partial charge in [0.2, 0.25) is 0 Å². The molecule has 2 aromatic heterocycles. The largest absolute Gasteiger partial charge is 0.416 e. The Kier molecular flexibility index (Phi) is 4.36. The molecule has 28 heavy (non-hydrogen) atoms. The molecule has 1 amide bonds. The van der Waals surface area contributed by atoms with Gasteiger partial charge in [0.25, 0.3) is 5.91 Å². The van der Waals surface area contributed by atoms with E-state index in [4.69, 9.17) is 0 Å². The molecule has 0 saturated carbocycles. The van der Waals surface area contributed by atoms with Crippen LogP contribution in [0.3, 0.4) is 0 Å². The van der Waals surface area contributed by atoms with Gasteiger partial charge >= 0.3 is 6.18 Å². The van der Waals surface area contributed by atoms with E-state index in [1.807, 2.05) is 13.8 Å². The van der Waals surface area contributed by atoms with Crippen molar-refractivity contribution in [2.45, 2.75) is 32.5 Å². The average molecular weight is 388 g/mol. The molecule has 2 atom stereocenters. The fraction of sp³-hybridized carbons (Fsp3) is 0.350. The van der Waals surface area contributed by atoms with E-state index in [1.54, 1.807) is 11.0 Å². The van der Waals surface area contributed by atoms with Crippen LogP contribution >= 0.6 is 0 Å². The Bertz CT molecular complexity index is 1030. The fourth-order valence-electron chi connectivity index (χ4n) is 3.86. The van der Waals surface area contributed by atoms with Crippen LogP contribution in [0, 0.1) is 12.8 Å². The summed E-state index contributed by atoms with van der Waals surface area (Å²) in [4.78, 5) is 19.1. The number of hydrogen-bond acceptors (Lipinski definition) is 3. The molecule has 0 spiro atoms. The van der Waals surface area contributed by atoms with Crippen molar-refractivity contribution in [1.29, 1.82) is 0 Å². The summed E-state index contributed by atoms with van der Waals surface area (Å²) in [6.07, 6.45) is -2.08. The first-order valence-electron chi connectivity index (χ1n) is 9.04. The number of aromatic nitrogens is 3. The Labute approximate surface area is 159 Å². The highest BCUT2D eigenvalue weighted by molar-refractivity contribution is 5.97. The van der Waals surface area contributed by atoms with Gasteiger partial charge in [0.05, 0.1) is 22.9 Å². The number of pyridine rings is 1. The molecule has 146 valence electrons. The van der Waals surface area contributed by atoms with Crippen LogP contribution in [0.5, 0.6) is 0 Å². The lowest BCUT2D eigenvalue weighted by atomic mass is 9.94. The maximum atomic E-state index is 13.2. The van der Waals surface area contributed by atoms with Crippen LogP contribution in [0.1, 0.15) is 46.6 Å². The standard InChI is InChI=1S/C20H19F3N4O/c1-11-7-8-27(17(11)13-3-5-15(6-4-13)20(21,22)23)19(28)14-9-16-12(2)25-26-18(16)24-10-14/h3-6,9-11,17H,7-8H2,1-2H3,(H,24,25,26). The molecule has 1 aliphatic heterocycles. The molecule has 1 aliphatic rings. The Morgan fingerprint density at radius 1 is 1.25 bits per heavy atom. The van der Waals surface area contributed by atoms with Crippen molar-refractivity contribution in [3.05, 3.63) is 58.9 Å². The van der Waals surface area contributed by atoms with Gasteiger partial charge in [-0.1, -0.05) is 19.1 Å². The molecule has 3 heterocycles. The Morgan fingerprint density at radius 3 is 2.64 bits per heavy atom. The van der Waals surface area contributed by atoms with E-state index >= 15 is 0 Å². The van der Waals surface area contributed by atoms with Crippen molar-refractivity contribution in [2.24, 2.45) is 5.92 Å².